The highest BCUT2D eigenvalue weighted by Crippen LogP contribution is 2.34. The van der Waals surface area contributed by atoms with Gasteiger partial charge >= 0.3 is 5.97 Å². The average molecular weight is 385 g/mol. The molecule has 0 radical (unpaired) electrons. The monoisotopic (exact) mass is 384 g/mol. The number of benzene rings is 2. The van der Waals surface area contributed by atoms with Gasteiger partial charge in [0, 0.05) is 4.47 Å². The Kier molecular flexibility index (Phi) is 4.70. The van der Waals surface area contributed by atoms with Crippen molar-refractivity contribution in [1.29, 1.82) is 0 Å². The Labute approximate surface area is 139 Å². The Balaban J connectivity index is 1.92. The number of esters is 1. The molecule has 0 spiro atoms. The largest absolute Gasteiger partial charge is 0.422 e. The minimum atomic E-state index is -1.12. The van der Waals surface area contributed by atoms with E-state index in [4.69, 9.17) is 14.2 Å². The van der Waals surface area contributed by atoms with Crippen molar-refractivity contribution in [3.05, 3.63) is 63.6 Å². The van der Waals surface area contributed by atoms with Crippen molar-refractivity contribution in [2.45, 2.75) is 6.29 Å². The number of halogens is 3. The van der Waals surface area contributed by atoms with Crippen molar-refractivity contribution in [3.63, 3.8) is 0 Å². The zero-order valence-corrected chi connectivity index (χ0v) is 13.3. The number of carbonyl (C=O) groups excluding carboxylic acids is 1. The summed E-state index contributed by atoms with van der Waals surface area (Å²) < 4.78 is 44.0. The predicted octanol–water partition coefficient (Wildman–Crippen LogP) is 3.99. The van der Waals surface area contributed by atoms with Crippen LogP contribution >= 0.6 is 15.9 Å². The van der Waals surface area contributed by atoms with Gasteiger partial charge in [-0.3, -0.25) is 0 Å². The normalized spacial score (nSPS) is 14.9. The molecule has 7 heteroatoms. The zero-order chi connectivity index (χ0) is 16.4. The summed E-state index contributed by atoms with van der Waals surface area (Å²) in [4.78, 5) is 12.1. The van der Waals surface area contributed by atoms with Crippen LogP contribution in [0.15, 0.2) is 40.9 Å². The van der Waals surface area contributed by atoms with Crippen molar-refractivity contribution in [2.75, 3.05) is 13.2 Å². The van der Waals surface area contributed by atoms with Crippen molar-refractivity contribution in [1.82, 2.24) is 0 Å². The summed E-state index contributed by atoms with van der Waals surface area (Å²) in [5, 5.41) is 0. The van der Waals surface area contributed by atoms with Gasteiger partial charge in [-0.15, -0.1) is 0 Å². The molecular formula is C16H11BrF2O4. The van der Waals surface area contributed by atoms with Crippen LogP contribution in [0, 0.1) is 11.6 Å². The van der Waals surface area contributed by atoms with Crippen molar-refractivity contribution in [3.8, 4) is 5.75 Å². The molecule has 2 aromatic carbocycles. The zero-order valence-electron chi connectivity index (χ0n) is 11.7. The van der Waals surface area contributed by atoms with E-state index < -0.39 is 29.5 Å². The first-order chi connectivity index (χ1) is 11.1. The molecule has 0 bridgehead atoms. The quantitative estimate of drug-likeness (QED) is 0.592. The van der Waals surface area contributed by atoms with Gasteiger partial charge in [0.25, 0.3) is 0 Å². The molecule has 120 valence electrons. The smallest absolute Gasteiger partial charge is 0.349 e. The summed E-state index contributed by atoms with van der Waals surface area (Å²) in [7, 11) is 0. The molecule has 1 saturated heterocycles. The second-order valence-electron chi connectivity index (χ2n) is 4.74. The fraction of sp³-hybridized carbons (Fsp3) is 0.188. The first-order valence-corrected chi connectivity index (χ1v) is 7.54. The van der Waals surface area contributed by atoms with Crippen LogP contribution in [-0.2, 0) is 9.47 Å². The molecule has 0 atom stereocenters. The third-order valence-corrected chi connectivity index (χ3v) is 3.71. The second-order valence-corrected chi connectivity index (χ2v) is 5.66. The molecular weight excluding hydrogens is 374 g/mol. The van der Waals surface area contributed by atoms with Gasteiger partial charge in [-0.1, -0.05) is 22.0 Å². The number of hydrogen-bond donors (Lipinski definition) is 0. The minimum absolute atomic E-state index is 0.118. The summed E-state index contributed by atoms with van der Waals surface area (Å²) in [6.45, 7) is 0.818. The van der Waals surface area contributed by atoms with Crippen molar-refractivity contribution >= 4 is 21.9 Å². The van der Waals surface area contributed by atoms with Gasteiger partial charge in [-0.25, -0.2) is 13.6 Å². The Bertz CT molecular complexity index is 725. The van der Waals surface area contributed by atoms with E-state index in [-0.39, 0.29) is 5.75 Å². The van der Waals surface area contributed by atoms with Crippen LogP contribution in [0.1, 0.15) is 22.2 Å². The van der Waals surface area contributed by atoms with E-state index in [0.29, 0.717) is 18.8 Å². The van der Waals surface area contributed by atoms with E-state index >= 15 is 0 Å². The highest BCUT2D eigenvalue weighted by molar-refractivity contribution is 9.10. The van der Waals surface area contributed by atoms with Crippen molar-refractivity contribution in [2.24, 2.45) is 0 Å². The van der Waals surface area contributed by atoms with E-state index in [9.17, 15) is 13.6 Å². The molecule has 0 unspecified atom stereocenters. The maximum absolute atomic E-state index is 13.7. The molecule has 0 aliphatic carbocycles. The number of carbonyl (C=O) groups is 1. The highest BCUT2D eigenvalue weighted by atomic mass is 79.9. The van der Waals surface area contributed by atoms with Crippen LogP contribution < -0.4 is 4.74 Å². The van der Waals surface area contributed by atoms with E-state index in [0.717, 1.165) is 16.6 Å². The summed E-state index contributed by atoms with van der Waals surface area (Å²) in [5.74, 6) is -2.97. The van der Waals surface area contributed by atoms with Crippen LogP contribution in [-0.4, -0.2) is 19.2 Å². The van der Waals surface area contributed by atoms with Gasteiger partial charge in [0.2, 0.25) is 0 Å². The Morgan fingerprint density at radius 3 is 2.43 bits per heavy atom. The number of ether oxygens (including phenoxy) is 3. The van der Waals surface area contributed by atoms with Gasteiger partial charge in [0.05, 0.1) is 18.8 Å². The molecule has 1 fully saturated rings. The number of rotatable bonds is 3. The molecule has 2 aromatic rings. The average Bonchev–Trinajstić information content (AvgIpc) is 3.03. The maximum Gasteiger partial charge on any atom is 0.349 e. The number of hydrogen-bond acceptors (Lipinski definition) is 4. The lowest BCUT2D eigenvalue weighted by atomic mass is 10.1. The second kappa shape index (κ2) is 6.74. The standard InChI is InChI=1S/C16H11BrF2O4/c17-9-4-5-13(10(8-9)16-21-6-7-22-16)23-15(20)14-11(18)2-1-3-12(14)19/h1-5,8,16H,6-7H2. The van der Waals surface area contributed by atoms with Gasteiger partial charge in [-0.05, 0) is 30.3 Å². The SMILES string of the molecule is O=C(Oc1ccc(Br)cc1C1OCCO1)c1c(F)cccc1F. The topological polar surface area (TPSA) is 44.8 Å². The summed E-state index contributed by atoms with van der Waals surface area (Å²) in [6, 6.07) is 7.96. The fourth-order valence-electron chi connectivity index (χ4n) is 2.18. The van der Waals surface area contributed by atoms with E-state index in [1.165, 1.54) is 12.1 Å². The van der Waals surface area contributed by atoms with E-state index in [2.05, 4.69) is 15.9 Å². The Hall–Kier alpha value is -1.83. The van der Waals surface area contributed by atoms with E-state index in [1.54, 1.807) is 12.1 Å². The third kappa shape index (κ3) is 3.41. The molecule has 1 aliphatic heterocycles. The lowest BCUT2D eigenvalue weighted by Crippen LogP contribution is -2.15. The molecule has 23 heavy (non-hydrogen) atoms. The van der Waals surface area contributed by atoms with Crippen LogP contribution in [0.2, 0.25) is 0 Å². The molecule has 1 heterocycles. The molecule has 3 rings (SSSR count). The molecule has 0 N–H and O–H groups in total. The maximum atomic E-state index is 13.7. The Morgan fingerprint density at radius 1 is 1.13 bits per heavy atom. The van der Waals surface area contributed by atoms with Gasteiger partial charge in [0.1, 0.15) is 22.9 Å². The highest BCUT2D eigenvalue weighted by Gasteiger charge is 2.26. The van der Waals surface area contributed by atoms with Gasteiger partial charge < -0.3 is 14.2 Å². The van der Waals surface area contributed by atoms with Crippen LogP contribution in [0.5, 0.6) is 5.75 Å². The Morgan fingerprint density at radius 2 is 1.78 bits per heavy atom. The summed E-state index contributed by atoms with van der Waals surface area (Å²) in [6.07, 6.45) is -0.694. The lowest BCUT2D eigenvalue weighted by Gasteiger charge is -2.15. The van der Waals surface area contributed by atoms with Crippen LogP contribution in [0.3, 0.4) is 0 Å². The molecule has 0 aromatic heterocycles. The van der Waals surface area contributed by atoms with Gasteiger partial charge in [0.15, 0.2) is 6.29 Å². The third-order valence-electron chi connectivity index (χ3n) is 3.22. The van der Waals surface area contributed by atoms with Crippen molar-refractivity contribution < 1.29 is 27.8 Å². The fourth-order valence-corrected chi connectivity index (χ4v) is 2.56. The van der Waals surface area contributed by atoms with Crippen LogP contribution in [0.25, 0.3) is 0 Å². The molecule has 0 saturated carbocycles. The molecule has 1 aliphatic rings. The van der Waals surface area contributed by atoms with Crippen LogP contribution in [0.4, 0.5) is 8.78 Å². The first kappa shape index (κ1) is 16.0. The summed E-state index contributed by atoms with van der Waals surface area (Å²) >= 11 is 3.31. The van der Waals surface area contributed by atoms with E-state index in [1.807, 2.05) is 0 Å². The lowest BCUT2D eigenvalue weighted by molar-refractivity contribution is -0.0454. The minimum Gasteiger partial charge on any atom is -0.422 e. The predicted molar refractivity (Wildman–Crippen MR) is 80.1 cm³/mol. The van der Waals surface area contributed by atoms with Gasteiger partial charge in [-0.2, -0.15) is 0 Å². The summed E-state index contributed by atoms with van der Waals surface area (Å²) in [5.41, 5.74) is -0.281. The molecule has 0 amide bonds. The molecule has 4 nitrogen and oxygen atoms in total. The first-order valence-electron chi connectivity index (χ1n) is 6.75.